The average Bonchev–Trinajstić information content (AvgIpc) is 3.62. The minimum atomic E-state index is -0.357. The van der Waals surface area contributed by atoms with Gasteiger partial charge in [-0.2, -0.15) is 0 Å². The Kier molecular flexibility index (Phi) is 8.56. The van der Waals surface area contributed by atoms with E-state index in [1.54, 1.807) is 18.3 Å². The Morgan fingerprint density at radius 2 is 1.90 bits per heavy atom. The Balaban J connectivity index is 1.39. The summed E-state index contributed by atoms with van der Waals surface area (Å²) in [6.07, 6.45) is 13.2. The monoisotopic (exact) mass is 538 g/mol. The number of allylic oxidation sites excluding steroid dienone is 3. The molecule has 2 aromatic carbocycles. The van der Waals surface area contributed by atoms with E-state index in [4.69, 9.17) is 5.73 Å². The maximum Gasteiger partial charge on any atom is 0.138 e. The maximum absolute atomic E-state index is 15.2. The number of anilines is 1. The molecule has 0 unspecified atom stereocenters. The van der Waals surface area contributed by atoms with E-state index in [2.05, 4.69) is 21.9 Å². The van der Waals surface area contributed by atoms with E-state index in [0.717, 1.165) is 57.0 Å². The molecule has 5 rings (SSSR count). The fraction of sp³-hybridized carbons (Fsp3) is 0.265. The topological polar surface area (TPSA) is 66.7 Å². The van der Waals surface area contributed by atoms with Crippen LogP contribution in [-0.4, -0.2) is 23.1 Å². The summed E-state index contributed by atoms with van der Waals surface area (Å²) in [4.78, 5) is 7.86. The zero-order valence-corrected chi connectivity index (χ0v) is 22.9. The number of rotatable bonds is 10. The summed E-state index contributed by atoms with van der Waals surface area (Å²) in [6.45, 7) is 7.58. The molecule has 1 saturated carbocycles. The van der Waals surface area contributed by atoms with Crippen molar-refractivity contribution in [3.8, 4) is 11.1 Å². The van der Waals surface area contributed by atoms with Gasteiger partial charge in [0.1, 0.15) is 17.3 Å². The first-order valence-corrected chi connectivity index (χ1v) is 14.0. The van der Waals surface area contributed by atoms with E-state index in [9.17, 15) is 4.39 Å². The van der Waals surface area contributed by atoms with Gasteiger partial charge in [-0.15, -0.1) is 0 Å². The van der Waals surface area contributed by atoms with Crippen molar-refractivity contribution in [1.29, 1.82) is 0 Å². The highest BCUT2D eigenvalue weighted by molar-refractivity contribution is 5.93. The van der Waals surface area contributed by atoms with Gasteiger partial charge in [0.2, 0.25) is 0 Å². The molecule has 4 N–H and O–H groups in total. The summed E-state index contributed by atoms with van der Waals surface area (Å²) in [5.41, 5.74) is 13.3. The second-order valence-corrected chi connectivity index (χ2v) is 10.6. The van der Waals surface area contributed by atoms with Gasteiger partial charge in [-0.1, -0.05) is 49.8 Å². The zero-order valence-electron chi connectivity index (χ0n) is 22.9. The van der Waals surface area contributed by atoms with Gasteiger partial charge in [0, 0.05) is 41.5 Å². The van der Waals surface area contributed by atoms with Crippen LogP contribution in [0.1, 0.15) is 49.4 Å². The first-order valence-electron chi connectivity index (χ1n) is 14.0. The number of nitrogen functional groups attached to an aromatic ring is 1. The standard InChI is InChI=1S/C34H36F2N4/c1-3-22(20-38-21-23-7-5-6-8-23)15-24(4-2)30-17-26(33(37)19-32(30)36)16-28-18-31-29(13-14-39-34(31)40-28)25-9-11-27(35)12-10-25/h3-4,9-15,17-19,23,38H,1,5-8,16,20-21,37H2,2H3,(H,39,40)/b22-15+,24-4+. The van der Waals surface area contributed by atoms with E-state index >= 15 is 4.39 Å². The van der Waals surface area contributed by atoms with E-state index in [1.807, 2.05) is 43.4 Å². The Hall–Kier alpha value is -4.03. The average molecular weight is 539 g/mol. The normalized spacial score (nSPS) is 14.8. The van der Waals surface area contributed by atoms with Gasteiger partial charge in [0.05, 0.1) is 0 Å². The number of halogens is 2. The minimum Gasteiger partial charge on any atom is -0.398 e. The predicted molar refractivity (Wildman–Crippen MR) is 162 cm³/mol. The van der Waals surface area contributed by atoms with Crippen molar-refractivity contribution in [2.24, 2.45) is 5.92 Å². The molecule has 0 radical (unpaired) electrons. The second kappa shape index (κ2) is 12.4. The number of H-pyrrole nitrogens is 1. The lowest BCUT2D eigenvalue weighted by atomic mass is 9.96. The fourth-order valence-electron chi connectivity index (χ4n) is 5.60. The molecular formula is C34H36F2N4. The van der Waals surface area contributed by atoms with Crippen LogP contribution in [0.5, 0.6) is 0 Å². The Bertz CT molecular complexity index is 1560. The molecule has 206 valence electrons. The van der Waals surface area contributed by atoms with Crippen molar-refractivity contribution in [2.75, 3.05) is 18.8 Å². The molecule has 0 saturated heterocycles. The molecule has 2 heterocycles. The molecule has 0 aliphatic heterocycles. The number of hydrogen-bond donors (Lipinski definition) is 3. The smallest absolute Gasteiger partial charge is 0.138 e. The summed E-state index contributed by atoms with van der Waals surface area (Å²) >= 11 is 0. The minimum absolute atomic E-state index is 0.276. The van der Waals surface area contributed by atoms with Crippen LogP contribution in [0.15, 0.2) is 85.1 Å². The number of nitrogens with one attached hydrogen (secondary N) is 2. The van der Waals surface area contributed by atoms with Crippen molar-refractivity contribution in [3.63, 3.8) is 0 Å². The quantitative estimate of drug-likeness (QED) is 0.142. The number of aromatic amines is 1. The Morgan fingerprint density at radius 3 is 2.62 bits per heavy atom. The fourth-order valence-corrected chi connectivity index (χ4v) is 5.60. The lowest BCUT2D eigenvalue weighted by Gasteiger charge is -2.13. The van der Waals surface area contributed by atoms with Crippen molar-refractivity contribution >= 4 is 22.3 Å². The lowest BCUT2D eigenvalue weighted by Crippen LogP contribution is -2.23. The number of benzene rings is 2. The summed E-state index contributed by atoms with van der Waals surface area (Å²) < 4.78 is 28.7. The highest BCUT2D eigenvalue weighted by Crippen LogP contribution is 2.31. The molecule has 2 aromatic heterocycles. The molecule has 6 heteroatoms. The van der Waals surface area contributed by atoms with Gasteiger partial charge in [0.25, 0.3) is 0 Å². The highest BCUT2D eigenvalue weighted by atomic mass is 19.1. The molecule has 0 amide bonds. The van der Waals surface area contributed by atoms with Crippen LogP contribution < -0.4 is 11.1 Å². The number of aromatic nitrogens is 2. The first kappa shape index (κ1) is 27.5. The van der Waals surface area contributed by atoms with Gasteiger partial charge in [-0.25, -0.2) is 13.8 Å². The number of fused-ring (bicyclic) bond motifs is 1. The first-order chi connectivity index (χ1) is 19.4. The summed E-state index contributed by atoms with van der Waals surface area (Å²) in [5.74, 6) is 0.114. The Labute approximate surface area is 234 Å². The molecule has 4 aromatic rings. The molecule has 0 bridgehead atoms. The van der Waals surface area contributed by atoms with Gasteiger partial charge in [0.15, 0.2) is 0 Å². The largest absolute Gasteiger partial charge is 0.398 e. The molecule has 0 spiro atoms. The Morgan fingerprint density at radius 1 is 1.12 bits per heavy atom. The van der Waals surface area contributed by atoms with Crippen LogP contribution >= 0.6 is 0 Å². The third-order valence-electron chi connectivity index (χ3n) is 7.81. The molecule has 1 aliphatic carbocycles. The lowest BCUT2D eigenvalue weighted by molar-refractivity contribution is 0.503. The van der Waals surface area contributed by atoms with Gasteiger partial charge in [-0.05, 0) is 96.5 Å². The number of pyridine rings is 1. The van der Waals surface area contributed by atoms with Crippen molar-refractivity contribution in [3.05, 3.63) is 114 Å². The van der Waals surface area contributed by atoms with Crippen LogP contribution in [0.2, 0.25) is 0 Å². The summed E-state index contributed by atoms with van der Waals surface area (Å²) in [6, 6.07) is 13.6. The number of nitrogens with two attached hydrogens (primary N) is 1. The van der Waals surface area contributed by atoms with Gasteiger partial charge in [-0.3, -0.25) is 0 Å². The predicted octanol–water partition coefficient (Wildman–Crippen LogP) is 7.98. The third kappa shape index (κ3) is 6.23. The molecular weight excluding hydrogens is 502 g/mol. The molecule has 1 fully saturated rings. The van der Waals surface area contributed by atoms with Crippen LogP contribution in [0.25, 0.3) is 27.7 Å². The summed E-state index contributed by atoms with van der Waals surface area (Å²) in [5, 5.41) is 4.48. The van der Waals surface area contributed by atoms with Crippen molar-refractivity contribution in [1.82, 2.24) is 15.3 Å². The van der Waals surface area contributed by atoms with Gasteiger partial charge >= 0.3 is 0 Å². The van der Waals surface area contributed by atoms with E-state index in [0.29, 0.717) is 24.2 Å². The van der Waals surface area contributed by atoms with Gasteiger partial charge < -0.3 is 16.0 Å². The molecule has 0 atom stereocenters. The highest BCUT2D eigenvalue weighted by Gasteiger charge is 2.16. The third-order valence-corrected chi connectivity index (χ3v) is 7.81. The molecule has 1 aliphatic rings. The molecule has 4 nitrogen and oxygen atoms in total. The van der Waals surface area contributed by atoms with Crippen LogP contribution in [0, 0.1) is 17.6 Å². The van der Waals surface area contributed by atoms with Crippen LogP contribution in [0.3, 0.4) is 0 Å². The zero-order chi connectivity index (χ0) is 28.1. The second-order valence-electron chi connectivity index (χ2n) is 10.6. The van der Waals surface area contributed by atoms with Crippen molar-refractivity contribution in [2.45, 2.75) is 39.0 Å². The van der Waals surface area contributed by atoms with Crippen LogP contribution in [0.4, 0.5) is 14.5 Å². The SMILES string of the molecule is C=C/C(=C\C(=C/C)c1cc(Cc2cc3c(-c4ccc(F)cc4)ccnc3[nH]2)c(N)cc1F)CNCC1CCCC1. The summed E-state index contributed by atoms with van der Waals surface area (Å²) in [7, 11) is 0. The van der Waals surface area contributed by atoms with E-state index < -0.39 is 0 Å². The van der Waals surface area contributed by atoms with E-state index in [1.165, 1.54) is 43.9 Å². The number of nitrogens with zero attached hydrogens (tertiary/aromatic N) is 1. The molecule has 40 heavy (non-hydrogen) atoms. The van der Waals surface area contributed by atoms with Crippen molar-refractivity contribution < 1.29 is 8.78 Å². The number of hydrogen-bond acceptors (Lipinski definition) is 3. The maximum atomic E-state index is 15.2. The van der Waals surface area contributed by atoms with E-state index in [-0.39, 0.29) is 11.6 Å². The van der Waals surface area contributed by atoms with Crippen LogP contribution in [-0.2, 0) is 6.42 Å².